The number of amides is 1. The van der Waals surface area contributed by atoms with E-state index in [2.05, 4.69) is 24.4 Å². The molecule has 2 rings (SSSR count). The van der Waals surface area contributed by atoms with Crippen molar-refractivity contribution in [3.05, 3.63) is 69.3 Å². The maximum Gasteiger partial charge on any atom is 0.277 e. The Bertz CT molecular complexity index is 858. The van der Waals surface area contributed by atoms with Crippen LogP contribution in [0.4, 0.5) is 5.69 Å². The van der Waals surface area contributed by atoms with Crippen LogP contribution in [-0.4, -0.2) is 23.1 Å². The Morgan fingerprint density at radius 1 is 1.22 bits per heavy atom. The molecule has 0 fully saturated rings. The van der Waals surface area contributed by atoms with Crippen LogP contribution in [-0.2, 0) is 4.79 Å². The Morgan fingerprint density at radius 2 is 1.89 bits per heavy atom. The van der Waals surface area contributed by atoms with Gasteiger partial charge < -0.3 is 4.74 Å². The molecule has 0 heterocycles. The average molecular weight is 369 g/mol. The van der Waals surface area contributed by atoms with Gasteiger partial charge in [0.05, 0.1) is 10.6 Å². The first kappa shape index (κ1) is 20.1. The molecule has 0 unspecified atom stereocenters. The molecule has 0 bridgehead atoms. The fourth-order valence-corrected chi connectivity index (χ4v) is 2.45. The van der Waals surface area contributed by atoms with Gasteiger partial charge in [-0.25, -0.2) is 5.43 Å². The van der Waals surface area contributed by atoms with E-state index in [0.717, 1.165) is 11.1 Å². The summed E-state index contributed by atoms with van der Waals surface area (Å²) in [4.78, 5) is 22.2. The number of benzene rings is 2. The minimum absolute atomic E-state index is 0.00287. The lowest BCUT2D eigenvalue weighted by molar-refractivity contribution is -0.384. The van der Waals surface area contributed by atoms with Gasteiger partial charge in [-0.2, -0.15) is 5.10 Å². The summed E-state index contributed by atoms with van der Waals surface area (Å²) in [5, 5.41) is 14.7. The van der Waals surface area contributed by atoms with Crippen LogP contribution in [0.15, 0.2) is 47.6 Å². The van der Waals surface area contributed by atoms with Crippen molar-refractivity contribution in [2.75, 3.05) is 6.61 Å². The summed E-state index contributed by atoms with van der Waals surface area (Å²) in [5.74, 6) is 0.592. The van der Waals surface area contributed by atoms with Crippen LogP contribution in [0.5, 0.6) is 5.75 Å². The summed E-state index contributed by atoms with van der Waals surface area (Å²) >= 11 is 0. The fourth-order valence-electron chi connectivity index (χ4n) is 2.45. The monoisotopic (exact) mass is 369 g/mol. The molecule has 0 aliphatic rings. The summed E-state index contributed by atoms with van der Waals surface area (Å²) in [6.07, 6.45) is 0. The Kier molecular flexibility index (Phi) is 6.65. The van der Waals surface area contributed by atoms with Crippen molar-refractivity contribution in [2.24, 2.45) is 5.10 Å². The number of ether oxygens (including phenoxy) is 1. The Balaban J connectivity index is 1.97. The highest BCUT2D eigenvalue weighted by molar-refractivity contribution is 5.99. The van der Waals surface area contributed by atoms with Gasteiger partial charge in [0.15, 0.2) is 6.61 Å². The molecule has 0 aliphatic heterocycles. The van der Waals surface area contributed by atoms with Crippen molar-refractivity contribution in [3.8, 4) is 5.75 Å². The molecule has 0 radical (unpaired) electrons. The summed E-state index contributed by atoms with van der Waals surface area (Å²) in [6.45, 7) is 7.65. The number of carbonyl (C=O) groups is 1. The molecule has 0 atom stereocenters. The minimum atomic E-state index is -0.466. The van der Waals surface area contributed by atoms with Gasteiger partial charge in [-0.1, -0.05) is 26.0 Å². The highest BCUT2D eigenvalue weighted by Crippen LogP contribution is 2.27. The second-order valence-corrected chi connectivity index (χ2v) is 6.52. The molecule has 27 heavy (non-hydrogen) atoms. The van der Waals surface area contributed by atoms with Gasteiger partial charge in [0.25, 0.3) is 11.6 Å². The molecule has 0 saturated carbocycles. The van der Waals surface area contributed by atoms with Crippen molar-refractivity contribution >= 4 is 17.3 Å². The van der Waals surface area contributed by atoms with Crippen molar-refractivity contribution < 1.29 is 14.5 Å². The summed E-state index contributed by atoms with van der Waals surface area (Å²) in [6, 6.07) is 11.9. The summed E-state index contributed by atoms with van der Waals surface area (Å²) < 4.78 is 5.66. The normalized spacial score (nSPS) is 11.4. The van der Waals surface area contributed by atoms with Crippen molar-refractivity contribution in [1.29, 1.82) is 0 Å². The van der Waals surface area contributed by atoms with Gasteiger partial charge in [0.2, 0.25) is 0 Å². The minimum Gasteiger partial charge on any atom is -0.483 e. The predicted octanol–water partition coefficient (Wildman–Crippen LogP) is 3.95. The van der Waals surface area contributed by atoms with Gasteiger partial charge >= 0.3 is 0 Å². The van der Waals surface area contributed by atoms with E-state index < -0.39 is 4.92 Å². The van der Waals surface area contributed by atoms with E-state index in [1.807, 2.05) is 25.1 Å². The average Bonchev–Trinajstić information content (AvgIpc) is 2.64. The number of nitro benzene ring substituents is 1. The first-order valence-corrected chi connectivity index (χ1v) is 8.59. The molecular weight excluding hydrogens is 346 g/mol. The molecule has 2 aromatic rings. The van der Waals surface area contributed by atoms with Gasteiger partial charge in [-0.3, -0.25) is 14.9 Å². The summed E-state index contributed by atoms with van der Waals surface area (Å²) in [7, 11) is 0. The maximum atomic E-state index is 12.0. The van der Waals surface area contributed by atoms with Gasteiger partial charge in [0.1, 0.15) is 5.75 Å². The smallest absolute Gasteiger partial charge is 0.277 e. The molecule has 1 N–H and O–H groups in total. The number of hydrazone groups is 1. The highest BCUT2D eigenvalue weighted by Gasteiger charge is 2.10. The van der Waals surface area contributed by atoms with Crippen LogP contribution < -0.4 is 10.2 Å². The molecule has 7 nitrogen and oxygen atoms in total. The SMILES string of the molecule is CC(=NNC(=O)COc1cc(C)ccc1C(C)C)c1ccc([N+](=O)[O-])cc1. The number of hydrogen-bond acceptors (Lipinski definition) is 5. The predicted molar refractivity (Wildman–Crippen MR) is 104 cm³/mol. The lowest BCUT2D eigenvalue weighted by Crippen LogP contribution is -2.26. The van der Waals surface area contributed by atoms with Crippen LogP contribution in [0.25, 0.3) is 0 Å². The molecule has 0 saturated heterocycles. The molecule has 0 aliphatic carbocycles. The van der Waals surface area contributed by atoms with E-state index in [0.29, 0.717) is 17.0 Å². The lowest BCUT2D eigenvalue weighted by atomic mass is 10.0. The lowest BCUT2D eigenvalue weighted by Gasteiger charge is -2.14. The van der Waals surface area contributed by atoms with Gasteiger partial charge in [-0.05, 0) is 54.7 Å². The summed E-state index contributed by atoms with van der Waals surface area (Å²) in [5.41, 5.74) is 5.76. The van der Waals surface area contributed by atoms with E-state index in [1.165, 1.54) is 12.1 Å². The third-order valence-electron chi connectivity index (χ3n) is 3.99. The number of carbonyl (C=O) groups excluding carboxylic acids is 1. The van der Waals surface area contributed by atoms with Gasteiger partial charge in [-0.15, -0.1) is 0 Å². The zero-order valence-electron chi connectivity index (χ0n) is 15.9. The van der Waals surface area contributed by atoms with Crippen molar-refractivity contribution in [2.45, 2.75) is 33.6 Å². The number of nitro groups is 1. The number of nitrogens with zero attached hydrogens (tertiary/aromatic N) is 2. The van der Waals surface area contributed by atoms with E-state index in [4.69, 9.17) is 4.74 Å². The van der Waals surface area contributed by atoms with Crippen LogP contribution in [0.3, 0.4) is 0 Å². The maximum absolute atomic E-state index is 12.0. The van der Waals surface area contributed by atoms with Crippen LogP contribution in [0, 0.1) is 17.0 Å². The zero-order chi connectivity index (χ0) is 20.0. The third-order valence-corrected chi connectivity index (χ3v) is 3.99. The molecule has 0 aromatic heterocycles. The molecule has 142 valence electrons. The number of nitrogens with one attached hydrogen (secondary N) is 1. The third kappa shape index (κ3) is 5.64. The second kappa shape index (κ2) is 8.93. The molecule has 0 spiro atoms. The quantitative estimate of drug-likeness (QED) is 0.454. The topological polar surface area (TPSA) is 93.8 Å². The van der Waals surface area contributed by atoms with E-state index in [9.17, 15) is 14.9 Å². The zero-order valence-corrected chi connectivity index (χ0v) is 15.9. The first-order chi connectivity index (χ1) is 12.8. The number of aryl methyl sites for hydroxylation is 1. The largest absolute Gasteiger partial charge is 0.483 e. The fraction of sp³-hybridized carbons (Fsp3) is 0.300. The van der Waals surface area contributed by atoms with Crippen LogP contribution in [0.1, 0.15) is 43.4 Å². The number of rotatable bonds is 7. The number of non-ortho nitro benzene ring substituents is 1. The van der Waals surface area contributed by atoms with Crippen LogP contribution >= 0.6 is 0 Å². The second-order valence-electron chi connectivity index (χ2n) is 6.52. The van der Waals surface area contributed by atoms with E-state index >= 15 is 0 Å². The molecular formula is C20H23N3O4. The van der Waals surface area contributed by atoms with Crippen molar-refractivity contribution in [1.82, 2.24) is 5.43 Å². The molecule has 1 amide bonds. The standard InChI is InChI=1S/C20H23N3O4/c1-13(2)18-10-5-14(3)11-19(18)27-12-20(24)22-21-15(4)16-6-8-17(9-7-16)23(25)26/h5-11,13H,12H2,1-4H3,(H,22,24). The number of hydrogen-bond donors (Lipinski definition) is 1. The molecule has 7 heteroatoms. The molecule has 2 aromatic carbocycles. The highest BCUT2D eigenvalue weighted by atomic mass is 16.6. The Hall–Kier alpha value is -3.22. The van der Waals surface area contributed by atoms with Crippen molar-refractivity contribution in [3.63, 3.8) is 0 Å². The van der Waals surface area contributed by atoms with E-state index in [-0.39, 0.29) is 24.1 Å². The van der Waals surface area contributed by atoms with Gasteiger partial charge in [0, 0.05) is 12.1 Å². The Labute approximate surface area is 158 Å². The van der Waals surface area contributed by atoms with E-state index in [1.54, 1.807) is 19.1 Å². The Morgan fingerprint density at radius 3 is 2.48 bits per heavy atom. The van der Waals surface area contributed by atoms with Crippen LogP contribution in [0.2, 0.25) is 0 Å². The first-order valence-electron chi connectivity index (χ1n) is 8.59.